The number of aliphatic carboxylic acids is 1. The summed E-state index contributed by atoms with van der Waals surface area (Å²) in [6.45, 7) is 3.31. The highest BCUT2D eigenvalue weighted by Gasteiger charge is 2.52. The normalized spacial score (nSPS) is 31.1. The lowest BCUT2D eigenvalue weighted by atomic mass is 9.76. The van der Waals surface area contributed by atoms with Crippen LogP contribution in [0.3, 0.4) is 0 Å². The van der Waals surface area contributed by atoms with Gasteiger partial charge >= 0.3 is 5.97 Å². The van der Waals surface area contributed by atoms with Crippen molar-refractivity contribution in [1.29, 1.82) is 0 Å². The Hall–Kier alpha value is -1.39. The lowest BCUT2D eigenvalue weighted by molar-refractivity contribution is -0.153. The fourth-order valence-electron chi connectivity index (χ4n) is 3.50. The molecule has 3 rings (SSSR count). The lowest BCUT2D eigenvalue weighted by Gasteiger charge is -2.41. The molecule has 0 radical (unpaired) electrons. The summed E-state index contributed by atoms with van der Waals surface area (Å²) in [5.41, 5.74) is 0.681. The number of benzene rings is 1. The number of hydrogen-bond acceptors (Lipinski definition) is 3. The SMILES string of the molecule is O=C(O)C12CCNC1CCN(Cc1ccccc1)C2. The van der Waals surface area contributed by atoms with Gasteiger partial charge in [0.15, 0.2) is 0 Å². The third-order valence-electron chi connectivity index (χ3n) is 4.54. The molecule has 2 fully saturated rings. The van der Waals surface area contributed by atoms with Gasteiger partial charge in [0.2, 0.25) is 0 Å². The molecule has 0 spiro atoms. The van der Waals surface area contributed by atoms with E-state index < -0.39 is 11.4 Å². The highest BCUT2D eigenvalue weighted by Crippen LogP contribution is 2.38. The van der Waals surface area contributed by atoms with Crippen LogP contribution in [-0.4, -0.2) is 41.7 Å². The lowest BCUT2D eigenvalue weighted by Crippen LogP contribution is -2.55. The Morgan fingerprint density at radius 1 is 1.42 bits per heavy atom. The van der Waals surface area contributed by atoms with E-state index >= 15 is 0 Å². The molecule has 1 aromatic carbocycles. The molecular formula is C15H20N2O2. The van der Waals surface area contributed by atoms with Crippen LogP contribution in [0.15, 0.2) is 30.3 Å². The minimum absolute atomic E-state index is 0.150. The maximum Gasteiger partial charge on any atom is 0.312 e. The molecule has 2 saturated heterocycles. The summed E-state index contributed by atoms with van der Waals surface area (Å²) < 4.78 is 0. The Morgan fingerprint density at radius 3 is 2.95 bits per heavy atom. The number of nitrogens with one attached hydrogen (secondary N) is 1. The number of rotatable bonds is 3. The van der Waals surface area contributed by atoms with Crippen molar-refractivity contribution in [3.8, 4) is 0 Å². The highest BCUT2D eigenvalue weighted by molar-refractivity contribution is 5.76. The standard InChI is InChI=1S/C15H20N2O2/c18-14(19)15-7-8-16-13(15)6-9-17(11-15)10-12-4-2-1-3-5-12/h1-5,13,16H,6-11H2,(H,18,19). The summed E-state index contributed by atoms with van der Waals surface area (Å²) in [5, 5.41) is 13.0. The predicted octanol–water partition coefficient (Wildman–Crippen LogP) is 1.33. The van der Waals surface area contributed by atoms with Crippen LogP contribution in [0.2, 0.25) is 0 Å². The number of fused-ring (bicyclic) bond motifs is 1. The fourth-order valence-corrected chi connectivity index (χ4v) is 3.50. The van der Waals surface area contributed by atoms with Crippen LogP contribution in [0.5, 0.6) is 0 Å². The Bertz CT molecular complexity index is 462. The van der Waals surface area contributed by atoms with Crippen molar-refractivity contribution in [2.75, 3.05) is 19.6 Å². The van der Waals surface area contributed by atoms with Gasteiger partial charge in [-0.15, -0.1) is 0 Å². The molecule has 19 heavy (non-hydrogen) atoms. The molecule has 102 valence electrons. The van der Waals surface area contributed by atoms with Crippen LogP contribution in [0, 0.1) is 5.41 Å². The van der Waals surface area contributed by atoms with Gasteiger partial charge in [0.05, 0.1) is 5.41 Å². The van der Waals surface area contributed by atoms with Crippen LogP contribution >= 0.6 is 0 Å². The van der Waals surface area contributed by atoms with Gasteiger partial charge in [-0.2, -0.15) is 0 Å². The number of carboxylic acids is 1. The molecule has 0 aromatic heterocycles. The second-order valence-corrected chi connectivity index (χ2v) is 5.70. The van der Waals surface area contributed by atoms with E-state index in [9.17, 15) is 9.90 Å². The van der Waals surface area contributed by atoms with Crippen molar-refractivity contribution in [2.24, 2.45) is 5.41 Å². The molecule has 1 aromatic rings. The average Bonchev–Trinajstić information content (AvgIpc) is 2.84. The van der Waals surface area contributed by atoms with Crippen molar-refractivity contribution in [3.05, 3.63) is 35.9 Å². The van der Waals surface area contributed by atoms with Crippen molar-refractivity contribution in [1.82, 2.24) is 10.2 Å². The average molecular weight is 260 g/mol. The Labute approximate surface area is 113 Å². The summed E-state index contributed by atoms with van der Waals surface area (Å²) in [7, 11) is 0. The van der Waals surface area contributed by atoms with Crippen LogP contribution in [0.1, 0.15) is 18.4 Å². The molecule has 0 amide bonds. The van der Waals surface area contributed by atoms with E-state index in [1.807, 2.05) is 18.2 Å². The molecule has 2 aliphatic rings. The first kappa shape index (κ1) is 12.6. The third kappa shape index (κ3) is 2.26. The van der Waals surface area contributed by atoms with Crippen molar-refractivity contribution < 1.29 is 9.90 Å². The number of nitrogens with zero attached hydrogens (tertiary/aromatic N) is 1. The van der Waals surface area contributed by atoms with Gasteiger partial charge in [-0.1, -0.05) is 30.3 Å². The van der Waals surface area contributed by atoms with E-state index in [1.165, 1.54) is 5.56 Å². The predicted molar refractivity (Wildman–Crippen MR) is 72.8 cm³/mol. The van der Waals surface area contributed by atoms with E-state index in [-0.39, 0.29) is 6.04 Å². The second-order valence-electron chi connectivity index (χ2n) is 5.70. The van der Waals surface area contributed by atoms with Gasteiger partial charge in [0.1, 0.15) is 0 Å². The van der Waals surface area contributed by atoms with Crippen LogP contribution in [-0.2, 0) is 11.3 Å². The minimum atomic E-state index is -0.639. The summed E-state index contributed by atoms with van der Waals surface area (Å²) in [6, 6.07) is 10.4. The molecule has 0 aliphatic carbocycles. The molecule has 0 saturated carbocycles. The number of carbonyl (C=O) groups is 1. The fraction of sp³-hybridized carbons (Fsp3) is 0.533. The van der Waals surface area contributed by atoms with Gasteiger partial charge in [-0.3, -0.25) is 9.69 Å². The van der Waals surface area contributed by atoms with E-state index in [4.69, 9.17) is 0 Å². The van der Waals surface area contributed by atoms with Gasteiger partial charge in [-0.25, -0.2) is 0 Å². The van der Waals surface area contributed by atoms with Gasteiger partial charge in [-0.05, 0) is 24.9 Å². The zero-order chi connectivity index (χ0) is 13.3. The molecular weight excluding hydrogens is 240 g/mol. The number of piperidine rings is 1. The number of carboxylic acid groups (broad SMARTS) is 1. The summed E-state index contributed by atoms with van der Waals surface area (Å²) in [5.74, 6) is -0.639. The third-order valence-corrected chi connectivity index (χ3v) is 4.54. The largest absolute Gasteiger partial charge is 0.481 e. The van der Waals surface area contributed by atoms with Gasteiger partial charge in [0, 0.05) is 25.7 Å². The Morgan fingerprint density at radius 2 is 2.21 bits per heavy atom. The summed E-state index contributed by atoms with van der Waals surface area (Å²) >= 11 is 0. The van der Waals surface area contributed by atoms with E-state index in [0.29, 0.717) is 6.54 Å². The topological polar surface area (TPSA) is 52.6 Å². The molecule has 2 heterocycles. The van der Waals surface area contributed by atoms with Crippen LogP contribution in [0.25, 0.3) is 0 Å². The van der Waals surface area contributed by atoms with E-state index in [1.54, 1.807) is 0 Å². The first-order valence-electron chi connectivity index (χ1n) is 6.94. The monoisotopic (exact) mass is 260 g/mol. The summed E-state index contributed by atoms with van der Waals surface area (Å²) in [6.07, 6.45) is 1.68. The summed E-state index contributed by atoms with van der Waals surface area (Å²) in [4.78, 5) is 14.0. The molecule has 2 unspecified atom stereocenters. The zero-order valence-electron chi connectivity index (χ0n) is 11.0. The molecule has 4 nitrogen and oxygen atoms in total. The quantitative estimate of drug-likeness (QED) is 0.861. The second kappa shape index (κ2) is 4.94. The molecule has 2 aliphatic heterocycles. The molecule has 4 heteroatoms. The minimum Gasteiger partial charge on any atom is -0.481 e. The van der Waals surface area contributed by atoms with E-state index in [0.717, 1.165) is 32.5 Å². The molecule has 2 N–H and O–H groups in total. The highest BCUT2D eigenvalue weighted by atomic mass is 16.4. The first-order valence-corrected chi connectivity index (χ1v) is 6.94. The zero-order valence-corrected chi connectivity index (χ0v) is 11.0. The van der Waals surface area contributed by atoms with Crippen LogP contribution in [0.4, 0.5) is 0 Å². The van der Waals surface area contributed by atoms with Crippen LogP contribution < -0.4 is 5.32 Å². The molecule has 2 atom stereocenters. The Kier molecular flexibility index (Phi) is 3.29. The van der Waals surface area contributed by atoms with E-state index in [2.05, 4.69) is 22.3 Å². The smallest absolute Gasteiger partial charge is 0.312 e. The maximum atomic E-state index is 11.7. The molecule has 0 bridgehead atoms. The van der Waals surface area contributed by atoms with Crippen molar-refractivity contribution >= 4 is 5.97 Å². The first-order chi connectivity index (χ1) is 9.21. The van der Waals surface area contributed by atoms with Gasteiger partial charge < -0.3 is 10.4 Å². The van der Waals surface area contributed by atoms with Gasteiger partial charge in [0.25, 0.3) is 0 Å². The Balaban J connectivity index is 1.74. The number of likely N-dealkylation sites (tertiary alicyclic amines) is 1. The van der Waals surface area contributed by atoms with Crippen molar-refractivity contribution in [3.63, 3.8) is 0 Å². The maximum absolute atomic E-state index is 11.7. The van der Waals surface area contributed by atoms with Crippen molar-refractivity contribution in [2.45, 2.75) is 25.4 Å². The number of hydrogen-bond donors (Lipinski definition) is 2.